The monoisotopic (exact) mass is 252 g/mol. The zero-order chi connectivity index (χ0) is 13.2. The first-order valence-electron chi connectivity index (χ1n) is 5.89. The summed E-state index contributed by atoms with van der Waals surface area (Å²) >= 11 is 0. The molecule has 0 saturated heterocycles. The Balaban J connectivity index is 1.83. The molecular weight excluding hydrogens is 240 g/mol. The number of nitrogens with zero attached hydrogens (tertiary/aromatic N) is 2. The lowest BCUT2D eigenvalue weighted by atomic mass is 10.2. The van der Waals surface area contributed by atoms with Crippen LogP contribution in [0.2, 0.25) is 0 Å². The van der Waals surface area contributed by atoms with E-state index in [0.29, 0.717) is 5.56 Å². The predicted molar refractivity (Wildman–Crippen MR) is 73.0 cm³/mol. The standard InChI is InChI=1S/C14H12N4O/c1-9-2-3-10(7-15-9)14(19)17-12-4-5-13-11(6-12)8-16-18-13/h2-8H,1H3,(H,16,18)(H,17,19). The normalized spacial score (nSPS) is 10.6. The van der Waals surface area contributed by atoms with E-state index in [2.05, 4.69) is 20.5 Å². The molecule has 3 rings (SSSR count). The zero-order valence-electron chi connectivity index (χ0n) is 10.3. The summed E-state index contributed by atoms with van der Waals surface area (Å²) in [5, 5.41) is 10.6. The second kappa shape index (κ2) is 4.53. The molecule has 1 aromatic carbocycles. The van der Waals surface area contributed by atoms with Crippen LogP contribution in [0.1, 0.15) is 16.1 Å². The number of fused-ring (bicyclic) bond motifs is 1. The number of pyridine rings is 1. The molecule has 0 unspecified atom stereocenters. The maximum atomic E-state index is 12.0. The maximum Gasteiger partial charge on any atom is 0.257 e. The number of rotatable bonds is 2. The third kappa shape index (κ3) is 2.30. The van der Waals surface area contributed by atoms with Crippen molar-refractivity contribution in [2.24, 2.45) is 0 Å². The van der Waals surface area contributed by atoms with Crippen molar-refractivity contribution in [2.45, 2.75) is 6.92 Å². The Morgan fingerprint density at radius 1 is 1.21 bits per heavy atom. The smallest absolute Gasteiger partial charge is 0.257 e. The fraction of sp³-hybridized carbons (Fsp3) is 0.0714. The lowest BCUT2D eigenvalue weighted by Gasteiger charge is -2.05. The van der Waals surface area contributed by atoms with Gasteiger partial charge in [-0.25, -0.2) is 0 Å². The van der Waals surface area contributed by atoms with Crippen molar-refractivity contribution in [1.29, 1.82) is 0 Å². The number of anilines is 1. The summed E-state index contributed by atoms with van der Waals surface area (Å²) in [7, 11) is 0. The molecule has 0 radical (unpaired) electrons. The minimum absolute atomic E-state index is 0.171. The van der Waals surface area contributed by atoms with Crippen molar-refractivity contribution in [1.82, 2.24) is 15.2 Å². The number of nitrogens with one attached hydrogen (secondary N) is 2. The van der Waals surface area contributed by atoms with E-state index in [9.17, 15) is 4.79 Å². The van der Waals surface area contributed by atoms with Gasteiger partial charge in [0.2, 0.25) is 0 Å². The minimum atomic E-state index is -0.171. The van der Waals surface area contributed by atoms with Crippen LogP contribution in [0.25, 0.3) is 10.9 Å². The highest BCUT2D eigenvalue weighted by Gasteiger charge is 2.07. The number of carbonyl (C=O) groups excluding carboxylic acids is 1. The lowest BCUT2D eigenvalue weighted by Crippen LogP contribution is -2.12. The molecule has 2 heterocycles. The van der Waals surface area contributed by atoms with E-state index < -0.39 is 0 Å². The number of H-pyrrole nitrogens is 1. The molecule has 0 spiro atoms. The fourth-order valence-electron chi connectivity index (χ4n) is 1.83. The number of hydrogen-bond donors (Lipinski definition) is 2. The molecule has 0 aliphatic heterocycles. The highest BCUT2D eigenvalue weighted by atomic mass is 16.1. The van der Waals surface area contributed by atoms with Gasteiger partial charge in [-0.2, -0.15) is 5.10 Å². The Hall–Kier alpha value is -2.69. The first-order chi connectivity index (χ1) is 9.22. The summed E-state index contributed by atoms with van der Waals surface area (Å²) in [4.78, 5) is 16.1. The Kier molecular flexibility index (Phi) is 2.72. The molecule has 0 aliphatic carbocycles. The number of amides is 1. The molecule has 0 saturated carbocycles. The van der Waals surface area contributed by atoms with Crippen LogP contribution >= 0.6 is 0 Å². The second-order valence-corrected chi connectivity index (χ2v) is 4.31. The van der Waals surface area contributed by atoms with Crippen LogP contribution in [0.15, 0.2) is 42.7 Å². The molecule has 2 aromatic heterocycles. The molecule has 5 nitrogen and oxygen atoms in total. The average Bonchev–Trinajstić information content (AvgIpc) is 2.87. The number of hydrogen-bond acceptors (Lipinski definition) is 3. The van der Waals surface area contributed by atoms with Gasteiger partial charge in [-0.05, 0) is 37.3 Å². The van der Waals surface area contributed by atoms with Crippen molar-refractivity contribution in [3.63, 3.8) is 0 Å². The van der Waals surface area contributed by atoms with Gasteiger partial charge >= 0.3 is 0 Å². The summed E-state index contributed by atoms with van der Waals surface area (Å²) in [6.45, 7) is 1.88. The van der Waals surface area contributed by atoms with E-state index in [1.807, 2.05) is 31.2 Å². The zero-order valence-corrected chi connectivity index (χ0v) is 10.3. The van der Waals surface area contributed by atoms with Gasteiger partial charge in [0.05, 0.1) is 17.3 Å². The summed E-state index contributed by atoms with van der Waals surface area (Å²) in [6.07, 6.45) is 3.29. The minimum Gasteiger partial charge on any atom is -0.322 e. The number of aromatic nitrogens is 3. The molecule has 94 valence electrons. The maximum absolute atomic E-state index is 12.0. The van der Waals surface area contributed by atoms with Gasteiger partial charge in [0.1, 0.15) is 0 Å². The average molecular weight is 252 g/mol. The van der Waals surface area contributed by atoms with Crippen LogP contribution in [-0.4, -0.2) is 21.1 Å². The summed E-state index contributed by atoms with van der Waals surface area (Å²) in [5.74, 6) is -0.171. The van der Waals surface area contributed by atoms with Crippen LogP contribution < -0.4 is 5.32 Å². The third-order valence-corrected chi connectivity index (χ3v) is 2.87. The Labute approximate surface area is 109 Å². The van der Waals surface area contributed by atoms with Gasteiger partial charge in [-0.15, -0.1) is 0 Å². The van der Waals surface area contributed by atoms with Crippen molar-refractivity contribution in [3.05, 3.63) is 54.0 Å². The number of aryl methyl sites for hydroxylation is 1. The molecule has 0 fully saturated rings. The van der Waals surface area contributed by atoms with Crippen molar-refractivity contribution in [3.8, 4) is 0 Å². The summed E-state index contributed by atoms with van der Waals surface area (Å²) < 4.78 is 0. The molecule has 19 heavy (non-hydrogen) atoms. The lowest BCUT2D eigenvalue weighted by molar-refractivity contribution is 0.102. The first kappa shape index (κ1) is 11.4. The molecule has 0 bridgehead atoms. The number of benzene rings is 1. The number of carbonyl (C=O) groups is 1. The molecule has 5 heteroatoms. The van der Waals surface area contributed by atoms with Crippen LogP contribution in [0, 0.1) is 6.92 Å². The van der Waals surface area contributed by atoms with Crippen molar-refractivity contribution in [2.75, 3.05) is 5.32 Å². The molecule has 1 amide bonds. The first-order valence-corrected chi connectivity index (χ1v) is 5.89. The van der Waals surface area contributed by atoms with Gasteiger partial charge in [-0.3, -0.25) is 14.9 Å². The van der Waals surface area contributed by atoms with Crippen LogP contribution in [-0.2, 0) is 0 Å². The Bertz CT molecular complexity index is 731. The van der Waals surface area contributed by atoms with Crippen molar-refractivity contribution >= 4 is 22.5 Å². The summed E-state index contributed by atoms with van der Waals surface area (Å²) in [6, 6.07) is 9.16. The molecule has 0 atom stereocenters. The van der Waals surface area contributed by atoms with E-state index in [1.54, 1.807) is 18.5 Å². The van der Waals surface area contributed by atoms with Crippen LogP contribution in [0.4, 0.5) is 5.69 Å². The highest BCUT2D eigenvalue weighted by Crippen LogP contribution is 2.17. The Morgan fingerprint density at radius 2 is 2.11 bits per heavy atom. The van der Waals surface area contributed by atoms with E-state index >= 15 is 0 Å². The van der Waals surface area contributed by atoms with Gasteiger partial charge in [0.25, 0.3) is 5.91 Å². The Morgan fingerprint density at radius 3 is 2.89 bits per heavy atom. The van der Waals surface area contributed by atoms with Gasteiger partial charge < -0.3 is 5.32 Å². The van der Waals surface area contributed by atoms with E-state index in [0.717, 1.165) is 22.3 Å². The highest BCUT2D eigenvalue weighted by molar-refractivity contribution is 6.04. The van der Waals surface area contributed by atoms with Crippen LogP contribution in [0.5, 0.6) is 0 Å². The van der Waals surface area contributed by atoms with Gasteiger partial charge in [0.15, 0.2) is 0 Å². The fourth-order valence-corrected chi connectivity index (χ4v) is 1.83. The third-order valence-electron chi connectivity index (χ3n) is 2.87. The SMILES string of the molecule is Cc1ccc(C(=O)Nc2ccc3[nH]ncc3c2)cn1. The molecule has 3 aromatic rings. The molecule has 2 N–H and O–H groups in total. The topological polar surface area (TPSA) is 70.7 Å². The van der Waals surface area contributed by atoms with E-state index in [1.165, 1.54) is 0 Å². The van der Waals surface area contributed by atoms with Gasteiger partial charge in [0, 0.05) is 23.0 Å². The summed E-state index contributed by atoms with van der Waals surface area (Å²) in [5.41, 5.74) is 3.10. The van der Waals surface area contributed by atoms with Crippen molar-refractivity contribution < 1.29 is 4.79 Å². The second-order valence-electron chi connectivity index (χ2n) is 4.31. The quantitative estimate of drug-likeness (QED) is 0.736. The van der Waals surface area contributed by atoms with Crippen LogP contribution in [0.3, 0.4) is 0 Å². The van der Waals surface area contributed by atoms with E-state index in [4.69, 9.17) is 0 Å². The largest absolute Gasteiger partial charge is 0.322 e. The number of aromatic amines is 1. The molecular formula is C14H12N4O. The molecule has 0 aliphatic rings. The predicted octanol–water partition coefficient (Wildman–Crippen LogP) is 2.52. The van der Waals surface area contributed by atoms with E-state index in [-0.39, 0.29) is 5.91 Å². The van der Waals surface area contributed by atoms with Gasteiger partial charge in [-0.1, -0.05) is 0 Å².